The molecule has 1 aromatic rings. The fraction of sp³-hybridized carbons (Fsp3) is 0.650. The minimum atomic E-state index is -3.72. The summed E-state index contributed by atoms with van der Waals surface area (Å²) in [5.41, 5.74) is -0.203. The standard InChI is InChI=1S/C20H32FN3O3S/c1-19(2,3)15-20(4,5)22-18(25)14-23-9-11-24(12-10-23)28(26,27)17-8-6-7-16(21)13-17/h6-8,13H,9-12,14-15H2,1-5H3,(H,22,25). The molecular weight excluding hydrogens is 381 g/mol. The molecule has 2 rings (SSSR count). The van der Waals surface area contributed by atoms with E-state index < -0.39 is 15.8 Å². The van der Waals surface area contributed by atoms with Crippen LogP contribution in [0.4, 0.5) is 4.39 Å². The topological polar surface area (TPSA) is 69.7 Å². The summed E-state index contributed by atoms with van der Waals surface area (Å²) in [5, 5.41) is 3.08. The molecule has 1 aromatic carbocycles. The number of carbonyl (C=O) groups is 1. The van der Waals surface area contributed by atoms with Gasteiger partial charge < -0.3 is 5.32 Å². The molecule has 0 saturated carbocycles. The van der Waals surface area contributed by atoms with Crippen LogP contribution in [-0.2, 0) is 14.8 Å². The molecule has 8 heteroatoms. The Labute approximate surface area is 168 Å². The molecule has 1 aliphatic heterocycles. The molecule has 1 heterocycles. The highest BCUT2D eigenvalue weighted by Gasteiger charge is 2.31. The number of rotatable bonds is 6. The minimum Gasteiger partial charge on any atom is -0.350 e. The molecule has 0 radical (unpaired) electrons. The zero-order chi connectivity index (χ0) is 21.2. The van der Waals surface area contributed by atoms with E-state index in [0.717, 1.165) is 12.5 Å². The van der Waals surface area contributed by atoms with Crippen LogP contribution < -0.4 is 5.32 Å². The second-order valence-electron chi connectivity index (χ2n) is 9.31. The molecule has 1 aliphatic rings. The Morgan fingerprint density at radius 2 is 1.71 bits per heavy atom. The molecule has 0 atom stereocenters. The van der Waals surface area contributed by atoms with E-state index in [2.05, 4.69) is 26.1 Å². The Bertz CT molecular complexity index is 795. The Hall–Kier alpha value is -1.51. The van der Waals surface area contributed by atoms with Crippen molar-refractivity contribution < 1.29 is 17.6 Å². The van der Waals surface area contributed by atoms with Crippen molar-refractivity contribution in [2.75, 3.05) is 32.7 Å². The molecule has 1 fully saturated rings. The number of halogens is 1. The van der Waals surface area contributed by atoms with Crippen molar-refractivity contribution in [1.82, 2.24) is 14.5 Å². The number of piperazine rings is 1. The predicted octanol–water partition coefficient (Wildman–Crippen LogP) is 2.46. The van der Waals surface area contributed by atoms with Crippen LogP contribution in [0.2, 0.25) is 0 Å². The van der Waals surface area contributed by atoms with Crippen LogP contribution in [0.1, 0.15) is 41.0 Å². The van der Waals surface area contributed by atoms with Gasteiger partial charge >= 0.3 is 0 Å². The van der Waals surface area contributed by atoms with Crippen LogP contribution in [0.3, 0.4) is 0 Å². The van der Waals surface area contributed by atoms with Crippen molar-refractivity contribution in [3.8, 4) is 0 Å². The van der Waals surface area contributed by atoms with Gasteiger partial charge in [-0.2, -0.15) is 4.31 Å². The Morgan fingerprint density at radius 3 is 2.25 bits per heavy atom. The molecule has 0 aromatic heterocycles. The largest absolute Gasteiger partial charge is 0.350 e. The first kappa shape index (κ1) is 22.8. The average Bonchev–Trinajstić information content (AvgIpc) is 2.52. The molecule has 1 saturated heterocycles. The van der Waals surface area contributed by atoms with E-state index >= 15 is 0 Å². The summed E-state index contributed by atoms with van der Waals surface area (Å²) in [6.45, 7) is 12.1. The van der Waals surface area contributed by atoms with Gasteiger partial charge in [0.1, 0.15) is 5.82 Å². The number of nitrogens with one attached hydrogen (secondary N) is 1. The summed E-state index contributed by atoms with van der Waals surface area (Å²) in [4.78, 5) is 14.3. The van der Waals surface area contributed by atoms with E-state index in [4.69, 9.17) is 0 Å². The van der Waals surface area contributed by atoms with Crippen molar-refractivity contribution in [3.63, 3.8) is 0 Å². The summed E-state index contributed by atoms with van der Waals surface area (Å²) in [6, 6.07) is 5.04. The van der Waals surface area contributed by atoms with Crippen LogP contribution in [0.25, 0.3) is 0 Å². The number of hydrogen-bond acceptors (Lipinski definition) is 4. The fourth-order valence-electron chi connectivity index (χ4n) is 3.89. The second kappa shape index (κ2) is 8.47. The average molecular weight is 414 g/mol. The van der Waals surface area contributed by atoms with Crippen molar-refractivity contribution in [3.05, 3.63) is 30.1 Å². The van der Waals surface area contributed by atoms with Crippen LogP contribution in [0.5, 0.6) is 0 Å². The maximum absolute atomic E-state index is 13.4. The van der Waals surface area contributed by atoms with Crippen molar-refractivity contribution in [2.24, 2.45) is 5.41 Å². The van der Waals surface area contributed by atoms with Gasteiger partial charge in [0, 0.05) is 31.7 Å². The predicted molar refractivity (Wildman–Crippen MR) is 108 cm³/mol. The maximum Gasteiger partial charge on any atom is 0.243 e. The molecule has 0 bridgehead atoms. The van der Waals surface area contributed by atoms with Crippen LogP contribution in [0.15, 0.2) is 29.2 Å². The number of amides is 1. The summed E-state index contributed by atoms with van der Waals surface area (Å²) >= 11 is 0. The van der Waals surface area contributed by atoms with Gasteiger partial charge in [0.05, 0.1) is 11.4 Å². The summed E-state index contributed by atoms with van der Waals surface area (Å²) < 4.78 is 40.0. The number of carbonyl (C=O) groups excluding carboxylic acids is 1. The fourth-order valence-corrected chi connectivity index (χ4v) is 5.35. The number of hydrogen-bond donors (Lipinski definition) is 1. The minimum absolute atomic E-state index is 0.0392. The molecule has 158 valence electrons. The van der Waals surface area contributed by atoms with E-state index in [0.29, 0.717) is 13.1 Å². The molecule has 28 heavy (non-hydrogen) atoms. The molecule has 0 aliphatic carbocycles. The van der Waals surface area contributed by atoms with E-state index in [-0.39, 0.29) is 41.4 Å². The summed E-state index contributed by atoms with van der Waals surface area (Å²) in [7, 11) is -3.72. The lowest BCUT2D eigenvalue weighted by atomic mass is 9.82. The first-order chi connectivity index (χ1) is 12.8. The Morgan fingerprint density at radius 1 is 1.11 bits per heavy atom. The SMILES string of the molecule is CC(C)(C)CC(C)(C)NC(=O)CN1CCN(S(=O)(=O)c2cccc(F)c2)CC1. The van der Waals surface area contributed by atoms with Gasteiger partial charge in [0.25, 0.3) is 0 Å². The lowest BCUT2D eigenvalue weighted by Crippen LogP contribution is -2.53. The van der Waals surface area contributed by atoms with Gasteiger partial charge in [0.2, 0.25) is 15.9 Å². The zero-order valence-corrected chi connectivity index (χ0v) is 18.3. The first-order valence-electron chi connectivity index (χ1n) is 9.58. The summed E-state index contributed by atoms with van der Waals surface area (Å²) in [5.74, 6) is -0.634. The van der Waals surface area contributed by atoms with Crippen molar-refractivity contribution in [2.45, 2.75) is 51.5 Å². The van der Waals surface area contributed by atoms with Crippen LogP contribution >= 0.6 is 0 Å². The third-order valence-corrected chi connectivity index (χ3v) is 6.48. The molecule has 0 spiro atoms. The van der Waals surface area contributed by atoms with Gasteiger partial charge in [-0.05, 0) is 43.9 Å². The smallest absolute Gasteiger partial charge is 0.243 e. The third kappa shape index (κ3) is 6.53. The highest BCUT2D eigenvalue weighted by atomic mass is 32.2. The molecule has 1 amide bonds. The Kier molecular flexibility index (Phi) is 6.89. The summed E-state index contributed by atoms with van der Waals surface area (Å²) in [6.07, 6.45) is 0.853. The highest BCUT2D eigenvalue weighted by Crippen LogP contribution is 2.26. The lowest BCUT2D eigenvalue weighted by molar-refractivity contribution is -0.124. The van der Waals surface area contributed by atoms with Gasteiger partial charge in [-0.3, -0.25) is 9.69 Å². The van der Waals surface area contributed by atoms with Crippen LogP contribution in [0, 0.1) is 11.2 Å². The molecular formula is C20H32FN3O3S. The molecule has 6 nitrogen and oxygen atoms in total. The van der Waals surface area contributed by atoms with Gasteiger partial charge in [-0.15, -0.1) is 0 Å². The first-order valence-corrected chi connectivity index (χ1v) is 11.0. The second-order valence-corrected chi connectivity index (χ2v) is 11.2. The normalized spacial score (nSPS) is 17.5. The maximum atomic E-state index is 13.4. The van der Waals surface area contributed by atoms with E-state index in [1.165, 1.54) is 22.5 Å². The zero-order valence-electron chi connectivity index (χ0n) is 17.5. The van der Waals surface area contributed by atoms with E-state index in [1.54, 1.807) is 0 Å². The van der Waals surface area contributed by atoms with Crippen LogP contribution in [-0.4, -0.2) is 61.8 Å². The van der Waals surface area contributed by atoms with Crippen molar-refractivity contribution in [1.29, 1.82) is 0 Å². The van der Waals surface area contributed by atoms with E-state index in [9.17, 15) is 17.6 Å². The van der Waals surface area contributed by atoms with Gasteiger partial charge in [-0.1, -0.05) is 26.8 Å². The van der Waals surface area contributed by atoms with Crippen molar-refractivity contribution >= 4 is 15.9 Å². The quantitative estimate of drug-likeness (QED) is 0.778. The van der Waals surface area contributed by atoms with E-state index in [1.807, 2.05) is 18.7 Å². The Balaban J connectivity index is 1.89. The monoisotopic (exact) mass is 413 g/mol. The van der Waals surface area contributed by atoms with Gasteiger partial charge in [0.15, 0.2) is 0 Å². The molecule has 1 N–H and O–H groups in total. The lowest BCUT2D eigenvalue weighted by Gasteiger charge is -2.36. The third-order valence-electron chi connectivity index (χ3n) is 4.58. The number of sulfonamides is 1. The number of nitrogens with zero attached hydrogens (tertiary/aromatic N) is 2. The highest BCUT2D eigenvalue weighted by molar-refractivity contribution is 7.89. The molecule has 0 unspecified atom stereocenters. The number of benzene rings is 1. The van der Waals surface area contributed by atoms with Gasteiger partial charge in [-0.25, -0.2) is 12.8 Å².